The fraction of sp³-hybridized carbons (Fsp3) is 0.733. The lowest BCUT2D eigenvalue weighted by Gasteiger charge is -2.31. The number of aromatic nitrogens is 2. The third kappa shape index (κ3) is 4.53. The van der Waals surface area contributed by atoms with Crippen LogP contribution < -0.4 is 4.74 Å². The molecule has 1 aliphatic heterocycles. The van der Waals surface area contributed by atoms with Crippen LogP contribution in [-0.2, 0) is 24.5 Å². The van der Waals surface area contributed by atoms with Crippen LogP contribution >= 0.6 is 11.8 Å². The average Bonchev–Trinajstić information content (AvgIpc) is 2.63. The third-order valence-electron chi connectivity index (χ3n) is 3.53. The molecule has 2 rings (SSSR count). The van der Waals surface area contributed by atoms with Crippen LogP contribution in [0.1, 0.15) is 32.0 Å². The topological polar surface area (TPSA) is 56.6 Å². The van der Waals surface area contributed by atoms with Crippen LogP contribution in [-0.4, -0.2) is 51.0 Å². The molecule has 1 unspecified atom stereocenters. The van der Waals surface area contributed by atoms with E-state index in [1.165, 1.54) is 23.7 Å². The number of thioether (sulfide) groups is 1. The largest absolute Gasteiger partial charge is 0.475 e. The van der Waals surface area contributed by atoms with Crippen LogP contribution in [0.4, 0.5) is 18.0 Å². The molecule has 0 aromatic carbocycles. The fourth-order valence-corrected chi connectivity index (χ4v) is 3.19. The van der Waals surface area contributed by atoms with Gasteiger partial charge in [0.1, 0.15) is 12.2 Å². The second kappa shape index (κ2) is 6.97. The minimum atomic E-state index is -4.63. The Hall–Kier alpha value is -1.58. The Labute approximate surface area is 148 Å². The Kier molecular flexibility index (Phi) is 5.50. The first-order valence-electron chi connectivity index (χ1n) is 7.68. The molecule has 0 saturated heterocycles. The molecule has 10 heteroatoms. The van der Waals surface area contributed by atoms with E-state index < -0.39 is 29.6 Å². The fourth-order valence-electron chi connectivity index (χ4n) is 2.53. The lowest BCUT2D eigenvalue weighted by atomic mass is 10.2. The minimum absolute atomic E-state index is 0.0319. The quantitative estimate of drug-likeness (QED) is 0.787. The average molecular weight is 381 g/mol. The van der Waals surface area contributed by atoms with Gasteiger partial charge in [-0.05, 0) is 27.0 Å². The van der Waals surface area contributed by atoms with Crippen molar-refractivity contribution in [3.63, 3.8) is 0 Å². The summed E-state index contributed by atoms with van der Waals surface area (Å²) < 4.78 is 51.9. The molecule has 142 valence electrons. The highest BCUT2D eigenvalue weighted by Crippen LogP contribution is 2.38. The van der Waals surface area contributed by atoms with Gasteiger partial charge < -0.3 is 9.47 Å². The van der Waals surface area contributed by atoms with Crippen molar-refractivity contribution in [2.45, 2.75) is 45.1 Å². The van der Waals surface area contributed by atoms with E-state index in [0.717, 1.165) is 4.68 Å². The molecule has 0 N–H and O–H groups in total. The van der Waals surface area contributed by atoms with Gasteiger partial charge in [-0.3, -0.25) is 4.90 Å². The molecule has 1 aromatic rings. The first kappa shape index (κ1) is 19.7. The van der Waals surface area contributed by atoms with Crippen LogP contribution in [0.3, 0.4) is 0 Å². The summed E-state index contributed by atoms with van der Waals surface area (Å²) in [4.78, 5) is 13.9. The van der Waals surface area contributed by atoms with Crippen LogP contribution in [0, 0.1) is 0 Å². The summed E-state index contributed by atoms with van der Waals surface area (Å²) in [6, 6.07) is -0.404. The van der Waals surface area contributed by atoms with Crippen LogP contribution in [0.15, 0.2) is 0 Å². The number of ether oxygens (including phenoxy) is 2. The number of carbonyl (C=O) groups excluding carboxylic acids is 1. The molecule has 0 fully saturated rings. The van der Waals surface area contributed by atoms with Gasteiger partial charge in [-0.15, -0.1) is 0 Å². The Balaban J connectivity index is 2.42. The summed E-state index contributed by atoms with van der Waals surface area (Å²) in [5, 5.41) is 3.53. The molecule has 2 heterocycles. The van der Waals surface area contributed by atoms with Gasteiger partial charge in [0.2, 0.25) is 5.88 Å². The van der Waals surface area contributed by atoms with E-state index in [0.29, 0.717) is 5.75 Å². The zero-order chi connectivity index (χ0) is 19.0. The summed E-state index contributed by atoms with van der Waals surface area (Å²) in [6.45, 7) is 4.93. The standard InChI is InChI=1S/C15H22F3N3O3S/c1-14(2,3)24-13(22)21-6-10-11(15(16,17)18)19-20(4)12(10)23-7-9(21)8-25-5/h9H,6-8H2,1-5H3. The van der Waals surface area contributed by atoms with Crippen molar-refractivity contribution >= 4 is 17.9 Å². The van der Waals surface area contributed by atoms with Gasteiger partial charge in [0.15, 0.2) is 5.69 Å². The Morgan fingerprint density at radius 2 is 2.04 bits per heavy atom. The molecule has 6 nitrogen and oxygen atoms in total. The smallest absolute Gasteiger partial charge is 0.435 e. The van der Waals surface area contributed by atoms with E-state index in [4.69, 9.17) is 9.47 Å². The summed E-state index contributed by atoms with van der Waals surface area (Å²) >= 11 is 1.48. The van der Waals surface area contributed by atoms with Crippen molar-refractivity contribution in [3.05, 3.63) is 11.3 Å². The maximum absolute atomic E-state index is 13.3. The van der Waals surface area contributed by atoms with E-state index in [1.54, 1.807) is 20.8 Å². The van der Waals surface area contributed by atoms with Gasteiger partial charge in [0.25, 0.3) is 0 Å². The maximum atomic E-state index is 13.3. The van der Waals surface area contributed by atoms with Crippen molar-refractivity contribution in [2.75, 3.05) is 18.6 Å². The lowest BCUT2D eigenvalue weighted by molar-refractivity contribution is -0.142. The molecule has 1 amide bonds. The number of rotatable bonds is 2. The summed E-state index contributed by atoms with van der Waals surface area (Å²) in [5.41, 5.74) is -1.94. The van der Waals surface area contributed by atoms with E-state index >= 15 is 0 Å². The highest BCUT2D eigenvalue weighted by Gasteiger charge is 2.43. The zero-order valence-corrected chi connectivity index (χ0v) is 15.6. The van der Waals surface area contributed by atoms with E-state index in [-0.39, 0.29) is 24.6 Å². The van der Waals surface area contributed by atoms with Crippen LogP contribution in [0.25, 0.3) is 0 Å². The molecule has 0 radical (unpaired) electrons. The predicted octanol–water partition coefficient (Wildman–Crippen LogP) is 3.30. The van der Waals surface area contributed by atoms with Crippen molar-refractivity contribution in [2.24, 2.45) is 7.05 Å². The van der Waals surface area contributed by atoms with Gasteiger partial charge in [-0.2, -0.15) is 30.0 Å². The SMILES string of the molecule is CSCC1COc2c(c(C(F)(F)F)nn2C)CN1C(=O)OC(C)(C)C. The molecule has 1 atom stereocenters. The second-order valence-electron chi connectivity index (χ2n) is 6.78. The maximum Gasteiger partial charge on any atom is 0.435 e. The van der Waals surface area contributed by atoms with Crippen molar-refractivity contribution in [3.8, 4) is 5.88 Å². The summed E-state index contributed by atoms with van der Waals surface area (Å²) in [6.07, 6.45) is -3.44. The number of aryl methyl sites for hydroxylation is 1. The number of alkyl halides is 3. The molecular formula is C15H22F3N3O3S. The number of carbonyl (C=O) groups is 1. The van der Waals surface area contributed by atoms with E-state index in [1.807, 2.05) is 6.26 Å². The Bertz CT molecular complexity index is 640. The number of hydrogen-bond acceptors (Lipinski definition) is 5. The molecule has 0 spiro atoms. The molecule has 25 heavy (non-hydrogen) atoms. The Morgan fingerprint density at radius 3 is 2.56 bits per heavy atom. The Morgan fingerprint density at radius 1 is 1.40 bits per heavy atom. The highest BCUT2D eigenvalue weighted by atomic mass is 32.2. The first-order chi connectivity index (χ1) is 11.4. The number of amides is 1. The number of fused-ring (bicyclic) bond motifs is 1. The van der Waals surface area contributed by atoms with E-state index in [2.05, 4.69) is 5.10 Å². The van der Waals surface area contributed by atoms with Gasteiger partial charge in [0, 0.05) is 12.8 Å². The van der Waals surface area contributed by atoms with Crippen LogP contribution in [0.2, 0.25) is 0 Å². The molecule has 1 aliphatic rings. The van der Waals surface area contributed by atoms with Gasteiger partial charge >= 0.3 is 12.3 Å². The number of hydrogen-bond donors (Lipinski definition) is 0. The van der Waals surface area contributed by atoms with Crippen molar-refractivity contribution in [1.82, 2.24) is 14.7 Å². The van der Waals surface area contributed by atoms with Gasteiger partial charge in [0.05, 0.1) is 18.2 Å². The monoisotopic (exact) mass is 381 g/mol. The number of halogens is 3. The lowest BCUT2D eigenvalue weighted by Crippen LogP contribution is -2.46. The van der Waals surface area contributed by atoms with Crippen molar-refractivity contribution < 1.29 is 27.4 Å². The third-order valence-corrected chi connectivity index (χ3v) is 4.24. The minimum Gasteiger partial charge on any atom is -0.475 e. The zero-order valence-electron chi connectivity index (χ0n) is 14.8. The first-order valence-corrected chi connectivity index (χ1v) is 9.08. The summed E-state index contributed by atoms with van der Waals surface area (Å²) in [5.74, 6) is 0.548. The normalized spacial score (nSPS) is 18.4. The van der Waals surface area contributed by atoms with Crippen LogP contribution in [0.5, 0.6) is 5.88 Å². The van der Waals surface area contributed by atoms with Gasteiger partial charge in [-0.1, -0.05) is 0 Å². The highest BCUT2D eigenvalue weighted by molar-refractivity contribution is 7.98. The van der Waals surface area contributed by atoms with Gasteiger partial charge in [-0.25, -0.2) is 9.48 Å². The molecule has 0 saturated carbocycles. The number of nitrogens with zero attached hydrogens (tertiary/aromatic N) is 3. The second-order valence-corrected chi connectivity index (χ2v) is 7.69. The molecule has 0 aliphatic carbocycles. The van der Waals surface area contributed by atoms with Crippen molar-refractivity contribution in [1.29, 1.82) is 0 Å². The molecule has 0 bridgehead atoms. The summed E-state index contributed by atoms with van der Waals surface area (Å²) in [7, 11) is 1.39. The molecule has 1 aromatic heterocycles. The molecular weight excluding hydrogens is 359 g/mol. The predicted molar refractivity (Wildman–Crippen MR) is 87.7 cm³/mol. The van der Waals surface area contributed by atoms with E-state index in [9.17, 15) is 18.0 Å².